The van der Waals surface area contributed by atoms with E-state index in [0.717, 1.165) is 24.2 Å². The topological polar surface area (TPSA) is 126 Å². The van der Waals surface area contributed by atoms with E-state index in [1.807, 2.05) is 48.5 Å². The molecule has 0 aliphatic carbocycles. The molecule has 4 aromatic rings. The van der Waals surface area contributed by atoms with Crippen molar-refractivity contribution in [1.29, 1.82) is 0 Å². The minimum Gasteiger partial charge on any atom is -0.481 e. The molecule has 2 aliphatic heterocycles. The van der Waals surface area contributed by atoms with E-state index in [9.17, 15) is 19.2 Å². The Morgan fingerprint density at radius 3 is 1.18 bits per heavy atom. The molecule has 0 bridgehead atoms. The Morgan fingerprint density at radius 2 is 0.860 bits per heavy atom. The summed E-state index contributed by atoms with van der Waals surface area (Å²) in [6.07, 6.45) is 11.7. The third-order valence-electron chi connectivity index (χ3n) is 8.89. The molecule has 0 aromatic heterocycles. The van der Waals surface area contributed by atoms with Gasteiger partial charge < -0.3 is 20.1 Å². The molecule has 2 heterocycles. The van der Waals surface area contributed by atoms with E-state index < -0.39 is 23.6 Å². The highest BCUT2D eigenvalue weighted by Crippen LogP contribution is 2.37. The average molecular weight is 671 g/mol. The van der Waals surface area contributed by atoms with Crippen LogP contribution in [0.5, 0.6) is 11.5 Å². The average Bonchev–Trinajstić information content (AvgIpc) is 3.14. The zero-order valence-corrected chi connectivity index (χ0v) is 27.7. The monoisotopic (exact) mass is 670 g/mol. The van der Waals surface area contributed by atoms with Gasteiger partial charge in [-0.15, -0.1) is 12.8 Å². The molecule has 0 atom stereocenters. The van der Waals surface area contributed by atoms with Gasteiger partial charge in [0.05, 0.1) is 13.1 Å². The molecule has 0 saturated carbocycles. The number of nitrogens with two attached hydrogens (primary N) is 2. The van der Waals surface area contributed by atoms with Crippen molar-refractivity contribution >= 4 is 34.4 Å². The summed E-state index contributed by atoms with van der Waals surface area (Å²) in [5.41, 5.74) is 3.55. The highest BCUT2D eigenvalue weighted by Gasteiger charge is 2.39. The van der Waals surface area contributed by atoms with Crippen molar-refractivity contribution in [3.63, 3.8) is 0 Å². The van der Waals surface area contributed by atoms with Crippen LogP contribution in [-0.4, -0.2) is 72.8 Å². The first-order valence-corrected chi connectivity index (χ1v) is 16.7. The van der Waals surface area contributed by atoms with Gasteiger partial charge in [0.25, 0.3) is 23.6 Å². The summed E-state index contributed by atoms with van der Waals surface area (Å²) in [6.45, 7) is 3.85. The molecule has 4 aromatic carbocycles. The van der Waals surface area contributed by atoms with Crippen molar-refractivity contribution in [2.45, 2.75) is 25.9 Å². The van der Waals surface area contributed by atoms with Crippen LogP contribution in [-0.2, 0) is 13.1 Å². The van der Waals surface area contributed by atoms with Crippen molar-refractivity contribution in [3.8, 4) is 36.2 Å². The van der Waals surface area contributed by atoms with Crippen molar-refractivity contribution in [2.75, 3.05) is 39.4 Å². The molecule has 10 nitrogen and oxygen atoms in total. The molecule has 50 heavy (non-hydrogen) atoms. The number of terminal acetylenes is 2. The van der Waals surface area contributed by atoms with E-state index >= 15 is 0 Å². The van der Waals surface area contributed by atoms with Gasteiger partial charge in [-0.3, -0.25) is 29.0 Å². The van der Waals surface area contributed by atoms with E-state index in [1.165, 1.54) is 9.80 Å². The lowest BCUT2D eigenvalue weighted by Crippen LogP contribution is -2.82. The molecule has 2 aliphatic rings. The lowest BCUT2D eigenvalue weighted by Gasteiger charge is -2.31. The molecular weight excluding hydrogens is 632 g/mol. The maximum atomic E-state index is 13.6. The number of rotatable bonds is 16. The number of quaternary nitrogens is 2. The zero-order valence-electron chi connectivity index (χ0n) is 27.7. The Labute approximate surface area is 290 Å². The quantitative estimate of drug-likeness (QED) is 0.107. The van der Waals surface area contributed by atoms with Crippen molar-refractivity contribution in [3.05, 3.63) is 106 Å². The van der Waals surface area contributed by atoms with Gasteiger partial charge in [0.15, 0.2) is 0 Å². The van der Waals surface area contributed by atoms with Crippen LogP contribution in [0.25, 0.3) is 10.8 Å². The Morgan fingerprint density at radius 1 is 0.520 bits per heavy atom. The first kappa shape index (κ1) is 33.9. The lowest BCUT2D eigenvalue weighted by molar-refractivity contribution is -0.671. The molecule has 0 saturated heterocycles. The number of amides is 4. The molecule has 6 rings (SSSR count). The molecule has 4 N–H and O–H groups in total. The van der Waals surface area contributed by atoms with Crippen LogP contribution in [0.3, 0.4) is 0 Å². The van der Waals surface area contributed by atoms with Gasteiger partial charge >= 0.3 is 0 Å². The fourth-order valence-corrected chi connectivity index (χ4v) is 6.40. The van der Waals surface area contributed by atoms with Gasteiger partial charge in [-0.05, 0) is 72.8 Å². The second-order valence-corrected chi connectivity index (χ2v) is 12.1. The van der Waals surface area contributed by atoms with Crippen LogP contribution >= 0.6 is 0 Å². The minimum absolute atomic E-state index is 0.222. The molecule has 0 unspecified atom stereocenters. The predicted molar refractivity (Wildman–Crippen MR) is 186 cm³/mol. The van der Waals surface area contributed by atoms with Crippen LogP contribution in [0.4, 0.5) is 0 Å². The minimum atomic E-state index is -0.415. The van der Waals surface area contributed by atoms with Crippen LogP contribution in [0, 0.1) is 24.7 Å². The number of carbonyl (C=O) groups excluding carboxylic acids is 4. The van der Waals surface area contributed by atoms with Crippen LogP contribution in [0.2, 0.25) is 0 Å². The lowest BCUT2D eigenvalue weighted by atomic mass is 9.86. The van der Waals surface area contributed by atoms with E-state index in [0.29, 0.717) is 70.5 Å². The van der Waals surface area contributed by atoms with Gasteiger partial charge in [-0.25, -0.2) is 0 Å². The largest absolute Gasteiger partial charge is 0.481 e. The summed E-state index contributed by atoms with van der Waals surface area (Å²) >= 11 is 0. The number of imide groups is 2. The third-order valence-corrected chi connectivity index (χ3v) is 8.89. The Kier molecular flexibility index (Phi) is 10.5. The van der Waals surface area contributed by atoms with E-state index in [4.69, 9.17) is 22.3 Å². The standard InChI is InChI=1S/C40H36N4O6/c1-3-23-49-29-11-7-27(8-12-29)25-41-19-5-21-43-37(45)31-15-17-33-36-34(18-16-32(35(31)36)38(43)46)40(48)44(39(33)47)22-6-20-42-26-28-9-13-30(14-10-28)50-24-4-2/h1-2,7-18,41-42H,5-6,19-26H2/p+2. The third kappa shape index (κ3) is 7.08. The van der Waals surface area contributed by atoms with Gasteiger partial charge in [-0.2, -0.15) is 0 Å². The SMILES string of the molecule is C#CCOc1ccc(C[NH2+]CCCN2C(=O)c3ccc4c5c(ccc(c35)C2=O)C(=O)N(CCC[NH2+]Cc2ccc(OCC#C)cc2)C4=O)cc1. The van der Waals surface area contributed by atoms with Crippen LogP contribution in [0.1, 0.15) is 65.4 Å². The normalized spacial score (nSPS) is 13.4. The Bertz CT molecular complexity index is 1810. The van der Waals surface area contributed by atoms with E-state index in [2.05, 4.69) is 22.5 Å². The number of nitrogens with zero attached hydrogens (tertiary/aromatic N) is 2. The number of benzene rings is 4. The van der Waals surface area contributed by atoms with Crippen LogP contribution in [0.15, 0.2) is 72.8 Å². The van der Waals surface area contributed by atoms with Gasteiger partial charge in [0.2, 0.25) is 0 Å². The van der Waals surface area contributed by atoms with E-state index in [1.54, 1.807) is 24.3 Å². The second-order valence-electron chi connectivity index (χ2n) is 12.1. The van der Waals surface area contributed by atoms with Gasteiger partial charge in [0.1, 0.15) is 37.8 Å². The van der Waals surface area contributed by atoms with Gasteiger partial charge in [-0.1, -0.05) is 11.8 Å². The maximum Gasteiger partial charge on any atom is 0.261 e. The zero-order chi connectivity index (χ0) is 35.0. The summed E-state index contributed by atoms with van der Waals surface area (Å²) in [5.74, 6) is 4.65. The molecule has 0 spiro atoms. The highest BCUT2D eigenvalue weighted by atomic mass is 16.5. The molecule has 0 fully saturated rings. The summed E-state index contributed by atoms with van der Waals surface area (Å²) in [4.78, 5) is 56.9. The number of ether oxygens (including phenoxy) is 2. The first-order valence-electron chi connectivity index (χ1n) is 16.7. The molecular formula is C40H38N4O6+2. The molecule has 4 amide bonds. The van der Waals surface area contributed by atoms with E-state index in [-0.39, 0.29) is 26.3 Å². The highest BCUT2D eigenvalue weighted by molar-refractivity contribution is 6.33. The van der Waals surface area contributed by atoms with Gasteiger partial charge in [0, 0.05) is 70.1 Å². The summed E-state index contributed by atoms with van der Waals surface area (Å²) in [6, 6.07) is 21.9. The number of carbonyl (C=O) groups is 4. The Balaban J connectivity index is 1.04. The summed E-state index contributed by atoms with van der Waals surface area (Å²) in [7, 11) is 0. The molecule has 0 radical (unpaired) electrons. The predicted octanol–water partition coefficient (Wildman–Crippen LogP) is 2.36. The Hall–Kier alpha value is -5.94. The summed E-state index contributed by atoms with van der Waals surface area (Å²) in [5, 5.41) is 5.01. The second kappa shape index (κ2) is 15.5. The fraction of sp³-hybridized carbons (Fsp3) is 0.250. The smallest absolute Gasteiger partial charge is 0.261 e. The van der Waals surface area contributed by atoms with Crippen molar-refractivity contribution in [1.82, 2.24) is 9.80 Å². The van der Waals surface area contributed by atoms with Crippen molar-refractivity contribution < 1.29 is 39.3 Å². The molecule has 252 valence electrons. The fourth-order valence-electron chi connectivity index (χ4n) is 6.40. The first-order chi connectivity index (χ1) is 24.4. The maximum absolute atomic E-state index is 13.6. The molecule has 10 heteroatoms. The number of hydrogen-bond acceptors (Lipinski definition) is 6. The number of hydrogen-bond donors (Lipinski definition) is 2. The van der Waals surface area contributed by atoms with Crippen LogP contribution < -0.4 is 20.1 Å². The van der Waals surface area contributed by atoms with Crippen molar-refractivity contribution in [2.24, 2.45) is 0 Å². The summed E-state index contributed by atoms with van der Waals surface area (Å²) < 4.78 is 10.8.